The van der Waals surface area contributed by atoms with Crippen molar-refractivity contribution in [1.29, 1.82) is 0 Å². The third-order valence-electron chi connectivity index (χ3n) is 2.57. The second-order valence-corrected chi connectivity index (χ2v) is 4.13. The molecule has 0 bridgehead atoms. The summed E-state index contributed by atoms with van der Waals surface area (Å²) >= 11 is 0. The minimum absolute atomic E-state index is 0.377. The van der Waals surface area contributed by atoms with Gasteiger partial charge in [0.1, 0.15) is 0 Å². The molecule has 0 aliphatic rings. The van der Waals surface area contributed by atoms with Crippen LogP contribution in [0.2, 0.25) is 0 Å². The SMILES string of the molecule is CCCCCNC(=O)C(=O)NCc1ccccc1. The summed E-state index contributed by atoms with van der Waals surface area (Å²) in [5.41, 5.74) is 0.977. The first-order chi connectivity index (χ1) is 8.74. The highest BCUT2D eigenvalue weighted by atomic mass is 16.2. The first-order valence-electron chi connectivity index (χ1n) is 6.34. The van der Waals surface area contributed by atoms with E-state index in [1.807, 2.05) is 30.3 Å². The van der Waals surface area contributed by atoms with Gasteiger partial charge in [-0.3, -0.25) is 9.59 Å². The van der Waals surface area contributed by atoms with Gasteiger partial charge in [0, 0.05) is 13.1 Å². The first kappa shape index (κ1) is 14.2. The van der Waals surface area contributed by atoms with Gasteiger partial charge in [-0.2, -0.15) is 0 Å². The average Bonchev–Trinajstić information content (AvgIpc) is 2.42. The van der Waals surface area contributed by atoms with E-state index in [9.17, 15) is 9.59 Å². The molecule has 1 aromatic carbocycles. The standard InChI is InChI=1S/C14H20N2O2/c1-2-3-7-10-15-13(17)14(18)16-11-12-8-5-4-6-9-12/h4-6,8-9H,2-3,7,10-11H2,1H3,(H,15,17)(H,16,18). The molecule has 1 aromatic rings. The highest BCUT2D eigenvalue weighted by Crippen LogP contribution is 1.97. The predicted octanol–water partition coefficient (Wildman–Crippen LogP) is 1.61. The zero-order valence-electron chi connectivity index (χ0n) is 10.7. The summed E-state index contributed by atoms with van der Waals surface area (Å²) in [7, 11) is 0. The lowest BCUT2D eigenvalue weighted by molar-refractivity contribution is -0.139. The summed E-state index contributed by atoms with van der Waals surface area (Å²) in [6.07, 6.45) is 3.07. The highest BCUT2D eigenvalue weighted by Gasteiger charge is 2.11. The third kappa shape index (κ3) is 5.48. The van der Waals surface area contributed by atoms with Gasteiger partial charge in [-0.05, 0) is 12.0 Å². The molecule has 2 amide bonds. The van der Waals surface area contributed by atoms with Gasteiger partial charge in [-0.1, -0.05) is 50.1 Å². The van der Waals surface area contributed by atoms with Crippen LogP contribution in [0.5, 0.6) is 0 Å². The predicted molar refractivity (Wildman–Crippen MR) is 70.8 cm³/mol. The highest BCUT2D eigenvalue weighted by molar-refractivity contribution is 6.35. The van der Waals surface area contributed by atoms with Crippen LogP contribution in [0.25, 0.3) is 0 Å². The Labute approximate surface area is 108 Å². The smallest absolute Gasteiger partial charge is 0.309 e. The van der Waals surface area contributed by atoms with Crippen LogP contribution in [0.3, 0.4) is 0 Å². The van der Waals surface area contributed by atoms with Gasteiger partial charge in [0.25, 0.3) is 0 Å². The van der Waals surface area contributed by atoms with Gasteiger partial charge in [-0.15, -0.1) is 0 Å². The van der Waals surface area contributed by atoms with Crippen LogP contribution in [-0.2, 0) is 16.1 Å². The quantitative estimate of drug-likeness (QED) is 0.593. The zero-order chi connectivity index (χ0) is 13.2. The van der Waals surface area contributed by atoms with E-state index >= 15 is 0 Å². The summed E-state index contributed by atoms with van der Waals surface area (Å²) in [6, 6.07) is 9.50. The molecule has 0 aromatic heterocycles. The first-order valence-corrected chi connectivity index (χ1v) is 6.34. The van der Waals surface area contributed by atoms with E-state index in [1.54, 1.807) is 0 Å². The Kier molecular flexibility index (Phi) is 6.54. The monoisotopic (exact) mass is 248 g/mol. The molecule has 18 heavy (non-hydrogen) atoms. The van der Waals surface area contributed by atoms with Crippen molar-refractivity contribution in [3.8, 4) is 0 Å². The number of carbonyl (C=O) groups excluding carboxylic acids is 2. The fourth-order valence-corrected chi connectivity index (χ4v) is 1.52. The summed E-state index contributed by atoms with van der Waals surface area (Å²) in [5, 5.41) is 5.19. The maximum absolute atomic E-state index is 11.5. The maximum Gasteiger partial charge on any atom is 0.309 e. The van der Waals surface area contributed by atoms with Crippen molar-refractivity contribution in [3.63, 3.8) is 0 Å². The van der Waals surface area contributed by atoms with Crippen molar-refractivity contribution in [1.82, 2.24) is 10.6 Å². The van der Waals surface area contributed by atoms with Crippen molar-refractivity contribution in [2.75, 3.05) is 6.54 Å². The Bertz CT molecular complexity index is 377. The number of hydrogen-bond donors (Lipinski definition) is 2. The van der Waals surface area contributed by atoms with Crippen LogP contribution in [0.1, 0.15) is 31.7 Å². The minimum Gasteiger partial charge on any atom is -0.348 e. The number of carbonyl (C=O) groups is 2. The number of unbranched alkanes of at least 4 members (excludes halogenated alkanes) is 2. The van der Waals surface area contributed by atoms with Gasteiger partial charge < -0.3 is 10.6 Å². The van der Waals surface area contributed by atoms with Crippen LogP contribution in [-0.4, -0.2) is 18.4 Å². The molecule has 2 N–H and O–H groups in total. The maximum atomic E-state index is 11.5. The second-order valence-electron chi connectivity index (χ2n) is 4.13. The van der Waals surface area contributed by atoms with Crippen LogP contribution < -0.4 is 10.6 Å². The molecule has 0 radical (unpaired) electrons. The van der Waals surface area contributed by atoms with E-state index in [0.29, 0.717) is 13.1 Å². The molecule has 0 saturated heterocycles. The summed E-state index contributed by atoms with van der Waals surface area (Å²) in [4.78, 5) is 22.9. The lowest BCUT2D eigenvalue weighted by Gasteiger charge is -2.06. The van der Waals surface area contributed by atoms with E-state index in [1.165, 1.54) is 0 Å². The molecule has 0 aliphatic carbocycles. The van der Waals surface area contributed by atoms with Crippen LogP contribution in [0, 0.1) is 0 Å². The Morgan fingerprint density at radius 1 is 1.00 bits per heavy atom. The Morgan fingerprint density at radius 3 is 2.33 bits per heavy atom. The summed E-state index contributed by atoms with van der Waals surface area (Å²) in [6.45, 7) is 3.03. The van der Waals surface area contributed by atoms with Crippen molar-refractivity contribution in [3.05, 3.63) is 35.9 Å². The lowest BCUT2D eigenvalue weighted by atomic mass is 10.2. The van der Waals surface area contributed by atoms with E-state index in [2.05, 4.69) is 17.6 Å². The normalized spacial score (nSPS) is 9.83. The van der Waals surface area contributed by atoms with Gasteiger partial charge in [0.15, 0.2) is 0 Å². The Morgan fingerprint density at radius 2 is 1.67 bits per heavy atom. The Balaban J connectivity index is 2.22. The molecule has 0 aliphatic heterocycles. The molecule has 0 spiro atoms. The van der Waals surface area contributed by atoms with Gasteiger partial charge in [0.05, 0.1) is 0 Å². The third-order valence-corrected chi connectivity index (χ3v) is 2.57. The summed E-state index contributed by atoms with van der Waals surface area (Å²) < 4.78 is 0. The van der Waals surface area contributed by atoms with Gasteiger partial charge >= 0.3 is 11.8 Å². The van der Waals surface area contributed by atoms with Crippen LogP contribution in [0.15, 0.2) is 30.3 Å². The lowest BCUT2D eigenvalue weighted by Crippen LogP contribution is -2.39. The second kappa shape index (κ2) is 8.28. The average molecular weight is 248 g/mol. The fourth-order valence-electron chi connectivity index (χ4n) is 1.52. The fraction of sp³-hybridized carbons (Fsp3) is 0.429. The van der Waals surface area contributed by atoms with E-state index in [4.69, 9.17) is 0 Å². The molecule has 0 atom stereocenters. The zero-order valence-corrected chi connectivity index (χ0v) is 10.7. The van der Waals surface area contributed by atoms with Crippen molar-refractivity contribution in [2.24, 2.45) is 0 Å². The van der Waals surface area contributed by atoms with Gasteiger partial charge in [0.2, 0.25) is 0 Å². The number of benzene rings is 1. The van der Waals surface area contributed by atoms with Crippen LogP contribution >= 0.6 is 0 Å². The largest absolute Gasteiger partial charge is 0.348 e. The van der Waals surface area contributed by atoms with Crippen molar-refractivity contribution in [2.45, 2.75) is 32.7 Å². The molecular formula is C14H20N2O2. The van der Waals surface area contributed by atoms with E-state index in [-0.39, 0.29) is 0 Å². The van der Waals surface area contributed by atoms with Crippen LogP contribution in [0.4, 0.5) is 0 Å². The molecule has 4 heteroatoms. The topological polar surface area (TPSA) is 58.2 Å². The molecule has 0 heterocycles. The molecule has 4 nitrogen and oxygen atoms in total. The molecule has 0 unspecified atom stereocenters. The number of amides is 2. The number of nitrogens with one attached hydrogen (secondary N) is 2. The molecular weight excluding hydrogens is 228 g/mol. The summed E-state index contributed by atoms with van der Waals surface area (Å²) in [5.74, 6) is -1.13. The van der Waals surface area contributed by atoms with Gasteiger partial charge in [-0.25, -0.2) is 0 Å². The molecule has 0 saturated carbocycles. The van der Waals surface area contributed by atoms with Crippen molar-refractivity contribution < 1.29 is 9.59 Å². The van der Waals surface area contributed by atoms with Crippen molar-refractivity contribution >= 4 is 11.8 Å². The minimum atomic E-state index is -0.574. The molecule has 0 fully saturated rings. The Hall–Kier alpha value is -1.84. The van der Waals surface area contributed by atoms with E-state index < -0.39 is 11.8 Å². The molecule has 1 rings (SSSR count). The number of hydrogen-bond acceptors (Lipinski definition) is 2. The molecule has 98 valence electrons. The number of rotatable bonds is 6. The van der Waals surface area contributed by atoms with E-state index in [0.717, 1.165) is 24.8 Å².